The maximum atomic E-state index is 10.6. The Bertz CT molecular complexity index is 618. The molecule has 0 aliphatic rings. The summed E-state index contributed by atoms with van der Waals surface area (Å²) in [7, 11) is 1.74. The maximum Gasteiger partial charge on any atom is 0.269 e. The number of thioether (sulfide) groups is 1. The zero-order chi connectivity index (χ0) is 14.5. The number of non-ortho nitro benzene ring substituents is 1. The highest BCUT2D eigenvalue weighted by molar-refractivity contribution is 7.98. The number of nitro groups is 1. The van der Waals surface area contributed by atoms with E-state index < -0.39 is 4.92 Å². The quantitative estimate of drug-likeness (QED) is 0.376. The molecule has 0 saturated heterocycles. The molecule has 0 aliphatic heterocycles. The SMILES string of the molecule is CNc1ncnc(SCc2ccc([N+](=O)[O-])cc2)c1N. The molecular weight excluding hydrogens is 278 g/mol. The van der Waals surface area contributed by atoms with E-state index in [1.165, 1.54) is 30.2 Å². The number of nitro benzene ring substituents is 1. The van der Waals surface area contributed by atoms with Gasteiger partial charge in [-0.3, -0.25) is 10.1 Å². The summed E-state index contributed by atoms with van der Waals surface area (Å²) in [5.74, 6) is 1.22. The number of nitrogens with zero attached hydrogens (tertiary/aromatic N) is 3. The molecule has 2 aromatic rings. The van der Waals surface area contributed by atoms with E-state index >= 15 is 0 Å². The number of nitrogen functional groups attached to an aromatic ring is 1. The molecule has 0 saturated carbocycles. The molecule has 2 rings (SSSR count). The van der Waals surface area contributed by atoms with Crippen LogP contribution in [-0.2, 0) is 5.75 Å². The summed E-state index contributed by atoms with van der Waals surface area (Å²) in [5.41, 5.74) is 7.47. The molecule has 20 heavy (non-hydrogen) atoms. The Balaban J connectivity index is 2.07. The first-order chi connectivity index (χ1) is 9.61. The fraction of sp³-hybridized carbons (Fsp3) is 0.167. The molecule has 1 aromatic heterocycles. The van der Waals surface area contributed by atoms with Crippen LogP contribution in [0.25, 0.3) is 0 Å². The smallest absolute Gasteiger partial charge is 0.269 e. The van der Waals surface area contributed by atoms with Crippen LogP contribution in [0.1, 0.15) is 5.56 Å². The van der Waals surface area contributed by atoms with Crippen LogP contribution in [0, 0.1) is 10.1 Å². The largest absolute Gasteiger partial charge is 0.394 e. The Morgan fingerprint density at radius 2 is 2.05 bits per heavy atom. The van der Waals surface area contributed by atoms with Crippen LogP contribution in [0.15, 0.2) is 35.6 Å². The van der Waals surface area contributed by atoms with E-state index in [2.05, 4.69) is 15.3 Å². The van der Waals surface area contributed by atoms with E-state index in [-0.39, 0.29) is 5.69 Å². The Hall–Kier alpha value is -2.35. The van der Waals surface area contributed by atoms with Crippen LogP contribution in [0.5, 0.6) is 0 Å². The van der Waals surface area contributed by atoms with Crippen molar-refractivity contribution in [1.29, 1.82) is 0 Å². The van der Waals surface area contributed by atoms with E-state index in [9.17, 15) is 10.1 Å². The third-order valence-electron chi connectivity index (χ3n) is 2.61. The zero-order valence-corrected chi connectivity index (χ0v) is 11.6. The zero-order valence-electron chi connectivity index (χ0n) is 10.7. The first-order valence-electron chi connectivity index (χ1n) is 5.76. The van der Waals surface area contributed by atoms with Crippen LogP contribution in [-0.4, -0.2) is 21.9 Å². The van der Waals surface area contributed by atoms with Crippen molar-refractivity contribution < 1.29 is 4.92 Å². The van der Waals surface area contributed by atoms with Crippen molar-refractivity contribution in [3.8, 4) is 0 Å². The average Bonchev–Trinajstić information content (AvgIpc) is 2.46. The molecule has 0 bridgehead atoms. The Morgan fingerprint density at radius 1 is 1.35 bits per heavy atom. The lowest BCUT2D eigenvalue weighted by Crippen LogP contribution is -2.01. The van der Waals surface area contributed by atoms with Crippen molar-refractivity contribution in [2.24, 2.45) is 0 Å². The predicted molar refractivity (Wildman–Crippen MR) is 78.6 cm³/mol. The van der Waals surface area contributed by atoms with Crippen molar-refractivity contribution in [2.75, 3.05) is 18.1 Å². The lowest BCUT2D eigenvalue weighted by atomic mass is 10.2. The molecule has 7 nitrogen and oxygen atoms in total. The van der Waals surface area contributed by atoms with Gasteiger partial charge in [0.25, 0.3) is 5.69 Å². The number of rotatable bonds is 5. The van der Waals surface area contributed by atoms with Gasteiger partial charge in [-0.1, -0.05) is 23.9 Å². The van der Waals surface area contributed by atoms with Gasteiger partial charge in [-0.05, 0) is 5.56 Å². The second-order valence-electron chi connectivity index (χ2n) is 3.90. The van der Waals surface area contributed by atoms with E-state index in [0.29, 0.717) is 22.3 Å². The van der Waals surface area contributed by atoms with Gasteiger partial charge in [0.2, 0.25) is 0 Å². The van der Waals surface area contributed by atoms with Gasteiger partial charge < -0.3 is 11.1 Å². The van der Waals surface area contributed by atoms with Gasteiger partial charge in [0.15, 0.2) is 5.82 Å². The predicted octanol–water partition coefficient (Wildman–Crippen LogP) is 2.30. The highest BCUT2D eigenvalue weighted by Gasteiger charge is 2.08. The number of nitrogens with one attached hydrogen (secondary N) is 1. The number of aromatic nitrogens is 2. The minimum atomic E-state index is -0.418. The van der Waals surface area contributed by atoms with Gasteiger partial charge >= 0.3 is 0 Å². The minimum absolute atomic E-state index is 0.0813. The summed E-state index contributed by atoms with van der Waals surface area (Å²) in [4.78, 5) is 18.3. The van der Waals surface area contributed by atoms with Gasteiger partial charge in [-0.25, -0.2) is 9.97 Å². The second kappa shape index (κ2) is 6.20. The van der Waals surface area contributed by atoms with Gasteiger partial charge in [0.05, 0.1) is 4.92 Å². The second-order valence-corrected chi connectivity index (χ2v) is 4.87. The van der Waals surface area contributed by atoms with Crippen molar-refractivity contribution in [3.05, 3.63) is 46.3 Å². The topological polar surface area (TPSA) is 107 Å². The molecule has 0 atom stereocenters. The van der Waals surface area contributed by atoms with Crippen LogP contribution in [0.2, 0.25) is 0 Å². The molecule has 0 aliphatic carbocycles. The molecule has 3 N–H and O–H groups in total. The monoisotopic (exact) mass is 291 g/mol. The molecule has 0 radical (unpaired) electrons. The van der Waals surface area contributed by atoms with Crippen LogP contribution < -0.4 is 11.1 Å². The molecule has 0 amide bonds. The van der Waals surface area contributed by atoms with Crippen LogP contribution >= 0.6 is 11.8 Å². The number of nitrogens with two attached hydrogens (primary N) is 1. The van der Waals surface area contributed by atoms with E-state index in [1.807, 2.05) is 0 Å². The molecule has 1 heterocycles. The molecule has 8 heteroatoms. The Kier molecular flexibility index (Phi) is 4.36. The van der Waals surface area contributed by atoms with Crippen molar-refractivity contribution in [3.63, 3.8) is 0 Å². The average molecular weight is 291 g/mol. The highest BCUT2D eigenvalue weighted by atomic mass is 32.2. The van der Waals surface area contributed by atoms with Gasteiger partial charge in [-0.2, -0.15) is 0 Å². The highest BCUT2D eigenvalue weighted by Crippen LogP contribution is 2.29. The molecule has 0 unspecified atom stereocenters. The Morgan fingerprint density at radius 3 is 2.65 bits per heavy atom. The summed E-state index contributed by atoms with van der Waals surface area (Å²) < 4.78 is 0. The normalized spacial score (nSPS) is 10.2. The van der Waals surface area contributed by atoms with Crippen molar-refractivity contribution >= 4 is 29.0 Å². The van der Waals surface area contributed by atoms with Gasteiger partial charge in [0, 0.05) is 24.9 Å². The first kappa shape index (κ1) is 14.1. The number of benzene rings is 1. The van der Waals surface area contributed by atoms with E-state index in [1.54, 1.807) is 19.2 Å². The van der Waals surface area contributed by atoms with Crippen LogP contribution in [0.4, 0.5) is 17.2 Å². The molecule has 0 fully saturated rings. The third-order valence-corrected chi connectivity index (χ3v) is 3.68. The van der Waals surface area contributed by atoms with Crippen molar-refractivity contribution in [2.45, 2.75) is 10.8 Å². The molecular formula is C12H13N5O2S. The van der Waals surface area contributed by atoms with Gasteiger partial charge in [-0.15, -0.1) is 0 Å². The molecule has 104 valence electrons. The Labute approximate surface area is 119 Å². The minimum Gasteiger partial charge on any atom is -0.394 e. The summed E-state index contributed by atoms with van der Waals surface area (Å²) in [5, 5.41) is 14.1. The number of hydrogen-bond donors (Lipinski definition) is 2. The lowest BCUT2D eigenvalue weighted by Gasteiger charge is -2.07. The standard InChI is InChI=1S/C12H13N5O2S/c1-14-11-10(13)12(16-7-15-11)20-6-8-2-4-9(5-3-8)17(18)19/h2-5,7H,6,13H2,1H3,(H,14,15,16). The first-order valence-corrected chi connectivity index (χ1v) is 6.74. The summed E-state index contributed by atoms with van der Waals surface area (Å²) in [6, 6.07) is 6.42. The summed E-state index contributed by atoms with van der Waals surface area (Å²) in [6.07, 6.45) is 1.44. The van der Waals surface area contributed by atoms with E-state index in [0.717, 1.165) is 5.56 Å². The fourth-order valence-electron chi connectivity index (χ4n) is 1.56. The summed E-state index contributed by atoms with van der Waals surface area (Å²) in [6.45, 7) is 0. The van der Waals surface area contributed by atoms with Gasteiger partial charge in [0.1, 0.15) is 17.0 Å². The lowest BCUT2D eigenvalue weighted by molar-refractivity contribution is -0.384. The molecule has 0 spiro atoms. The third kappa shape index (κ3) is 3.15. The molecule has 1 aromatic carbocycles. The fourth-order valence-corrected chi connectivity index (χ4v) is 2.43. The van der Waals surface area contributed by atoms with Crippen molar-refractivity contribution in [1.82, 2.24) is 9.97 Å². The van der Waals surface area contributed by atoms with Crippen LogP contribution in [0.3, 0.4) is 0 Å². The maximum absolute atomic E-state index is 10.6. The number of anilines is 2. The summed E-state index contributed by atoms with van der Waals surface area (Å²) >= 11 is 1.46. The van der Waals surface area contributed by atoms with E-state index in [4.69, 9.17) is 5.73 Å². The number of hydrogen-bond acceptors (Lipinski definition) is 7.